The van der Waals surface area contributed by atoms with Gasteiger partial charge in [-0.05, 0) is 19.8 Å². The molecule has 0 bridgehead atoms. The molecule has 2 atom stereocenters. The molecule has 6 nitrogen and oxygen atoms in total. The summed E-state index contributed by atoms with van der Waals surface area (Å²) >= 11 is 0. The molecule has 6 heteroatoms. The Morgan fingerprint density at radius 2 is 2.31 bits per heavy atom. The summed E-state index contributed by atoms with van der Waals surface area (Å²) in [5, 5.41) is 9.15. The number of nitrogens with two attached hydrogens (primary N) is 2. The number of guanidine groups is 1. The molecule has 1 aliphatic rings. The van der Waals surface area contributed by atoms with Crippen molar-refractivity contribution in [3.8, 4) is 0 Å². The van der Waals surface area contributed by atoms with E-state index < -0.39 is 6.10 Å². The van der Waals surface area contributed by atoms with E-state index in [4.69, 9.17) is 16.6 Å². The normalized spacial score (nSPS) is 22.6. The zero-order valence-electron chi connectivity index (χ0n) is 9.59. The van der Waals surface area contributed by atoms with Gasteiger partial charge in [-0.2, -0.15) is 0 Å². The van der Waals surface area contributed by atoms with Crippen LogP contribution in [0.3, 0.4) is 0 Å². The molecule has 0 saturated carbocycles. The van der Waals surface area contributed by atoms with E-state index in [-0.39, 0.29) is 24.3 Å². The highest BCUT2D eigenvalue weighted by Crippen LogP contribution is 2.14. The fourth-order valence-corrected chi connectivity index (χ4v) is 1.88. The molecule has 1 amide bonds. The quantitative estimate of drug-likeness (QED) is 0.426. The highest BCUT2D eigenvalue weighted by atomic mass is 16.3. The van der Waals surface area contributed by atoms with Gasteiger partial charge in [0.05, 0.1) is 18.6 Å². The van der Waals surface area contributed by atoms with E-state index in [1.807, 2.05) is 0 Å². The van der Waals surface area contributed by atoms with Crippen molar-refractivity contribution in [3.63, 3.8) is 0 Å². The van der Waals surface area contributed by atoms with Gasteiger partial charge in [0.15, 0.2) is 5.96 Å². The van der Waals surface area contributed by atoms with Gasteiger partial charge < -0.3 is 21.5 Å². The van der Waals surface area contributed by atoms with Crippen molar-refractivity contribution in [2.24, 2.45) is 16.5 Å². The van der Waals surface area contributed by atoms with Gasteiger partial charge in [0, 0.05) is 13.1 Å². The van der Waals surface area contributed by atoms with E-state index in [1.54, 1.807) is 11.8 Å². The van der Waals surface area contributed by atoms with Gasteiger partial charge in [0.2, 0.25) is 5.91 Å². The average Bonchev–Trinajstić information content (AvgIpc) is 2.16. The van der Waals surface area contributed by atoms with Crippen LogP contribution in [0.25, 0.3) is 0 Å². The first-order chi connectivity index (χ1) is 7.49. The minimum absolute atomic E-state index is 0.00306. The van der Waals surface area contributed by atoms with Crippen LogP contribution in [0.5, 0.6) is 0 Å². The van der Waals surface area contributed by atoms with Crippen molar-refractivity contribution in [2.45, 2.75) is 38.3 Å². The number of nitrogens with zero attached hydrogens (tertiary/aromatic N) is 2. The minimum Gasteiger partial charge on any atom is -0.393 e. The third kappa shape index (κ3) is 4.06. The Morgan fingerprint density at radius 1 is 1.62 bits per heavy atom. The molecule has 2 unspecified atom stereocenters. The zero-order chi connectivity index (χ0) is 12.1. The van der Waals surface area contributed by atoms with Crippen LogP contribution in [-0.4, -0.2) is 47.1 Å². The summed E-state index contributed by atoms with van der Waals surface area (Å²) < 4.78 is 0. The molecule has 0 spiro atoms. The number of hydrogen-bond donors (Lipinski definition) is 3. The first-order valence-electron chi connectivity index (χ1n) is 5.53. The molecule has 0 aliphatic carbocycles. The lowest BCUT2D eigenvalue weighted by atomic mass is 10.1. The van der Waals surface area contributed by atoms with Gasteiger partial charge in [-0.15, -0.1) is 0 Å². The van der Waals surface area contributed by atoms with Crippen LogP contribution in [0.4, 0.5) is 0 Å². The number of hydrogen-bond acceptors (Lipinski definition) is 3. The minimum atomic E-state index is -0.601. The van der Waals surface area contributed by atoms with Crippen LogP contribution in [0, 0.1) is 0 Å². The van der Waals surface area contributed by atoms with E-state index in [0.717, 1.165) is 19.4 Å². The molecule has 1 aliphatic heterocycles. The first kappa shape index (κ1) is 12.8. The van der Waals surface area contributed by atoms with E-state index in [9.17, 15) is 4.79 Å². The molecule has 0 aromatic rings. The molecule has 5 N–H and O–H groups in total. The SMILES string of the molecule is CC(O)CC(=O)N1CCCC(N=C(N)N)C1. The number of likely N-dealkylation sites (tertiary alicyclic amines) is 1. The third-order valence-electron chi connectivity index (χ3n) is 2.55. The molecule has 0 radical (unpaired) electrons. The second-order valence-electron chi connectivity index (χ2n) is 4.24. The first-order valence-corrected chi connectivity index (χ1v) is 5.53. The lowest BCUT2D eigenvalue weighted by molar-refractivity contribution is -0.134. The molecule has 1 heterocycles. The van der Waals surface area contributed by atoms with E-state index >= 15 is 0 Å². The summed E-state index contributed by atoms with van der Waals surface area (Å²) in [6, 6.07) is -0.00306. The lowest BCUT2D eigenvalue weighted by Crippen LogP contribution is -2.43. The number of aliphatic hydroxyl groups is 1. The van der Waals surface area contributed by atoms with Crippen LogP contribution in [0.15, 0.2) is 4.99 Å². The topological polar surface area (TPSA) is 105 Å². The Balaban J connectivity index is 2.50. The molecule has 0 aromatic carbocycles. The molecule has 1 fully saturated rings. The summed E-state index contributed by atoms with van der Waals surface area (Å²) in [6.45, 7) is 2.88. The second-order valence-corrected chi connectivity index (χ2v) is 4.24. The highest BCUT2D eigenvalue weighted by Gasteiger charge is 2.23. The van der Waals surface area contributed by atoms with Crippen LogP contribution >= 0.6 is 0 Å². The predicted octanol–water partition coefficient (Wildman–Crippen LogP) is -0.978. The van der Waals surface area contributed by atoms with E-state index in [1.165, 1.54) is 0 Å². The van der Waals surface area contributed by atoms with Crippen molar-refractivity contribution >= 4 is 11.9 Å². The van der Waals surface area contributed by atoms with E-state index in [2.05, 4.69) is 4.99 Å². The molecule has 1 saturated heterocycles. The maximum atomic E-state index is 11.7. The molecule has 92 valence electrons. The maximum Gasteiger partial charge on any atom is 0.225 e. The number of carbonyl (C=O) groups excluding carboxylic acids is 1. The Labute approximate surface area is 95.3 Å². The zero-order valence-corrected chi connectivity index (χ0v) is 9.59. The predicted molar refractivity (Wildman–Crippen MR) is 61.7 cm³/mol. The number of aliphatic hydroxyl groups excluding tert-OH is 1. The van der Waals surface area contributed by atoms with Gasteiger partial charge in [-0.1, -0.05) is 0 Å². The van der Waals surface area contributed by atoms with Crippen LogP contribution < -0.4 is 11.5 Å². The summed E-state index contributed by atoms with van der Waals surface area (Å²) in [7, 11) is 0. The highest BCUT2D eigenvalue weighted by molar-refractivity contribution is 5.77. The van der Waals surface area contributed by atoms with Crippen molar-refractivity contribution < 1.29 is 9.90 Å². The Bertz CT molecular complexity index is 274. The second kappa shape index (κ2) is 5.69. The Hall–Kier alpha value is -1.30. The van der Waals surface area contributed by atoms with Crippen LogP contribution in [0.1, 0.15) is 26.2 Å². The summed E-state index contributed by atoms with van der Waals surface area (Å²) in [6.07, 6.45) is 1.36. The lowest BCUT2D eigenvalue weighted by Gasteiger charge is -2.31. The van der Waals surface area contributed by atoms with Gasteiger partial charge >= 0.3 is 0 Å². The fraction of sp³-hybridized carbons (Fsp3) is 0.800. The fourth-order valence-electron chi connectivity index (χ4n) is 1.88. The third-order valence-corrected chi connectivity index (χ3v) is 2.55. The van der Waals surface area contributed by atoms with Gasteiger partial charge in [-0.3, -0.25) is 4.79 Å². The van der Waals surface area contributed by atoms with Crippen LogP contribution in [-0.2, 0) is 4.79 Å². The number of carbonyl (C=O) groups is 1. The maximum absolute atomic E-state index is 11.7. The average molecular weight is 228 g/mol. The summed E-state index contributed by atoms with van der Waals surface area (Å²) in [4.78, 5) is 17.5. The summed E-state index contributed by atoms with van der Waals surface area (Å²) in [5.74, 6) is 0.0281. The molecule has 1 rings (SSSR count). The largest absolute Gasteiger partial charge is 0.393 e. The van der Waals surface area contributed by atoms with Gasteiger partial charge in [0.1, 0.15) is 0 Å². The van der Waals surface area contributed by atoms with E-state index in [0.29, 0.717) is 6.54 Å². The molecule has 16 heavy (non-hydrogen) atoms. The summed E-state index contributed by atoms with van der Waals surface area (Å²) in [5.41, 5.74) is 10.6. The molecule has 0 aromatic heterocycles. The number of amides is 1. The number of aliphatic imine (C=N–C) groups is 1. The number of rotatable bonds is 3. The molecular weight excluding hydrogens is 208 g/mol. The number of piperidine rings is 1. The van der Waals surface area contributed by atoms with Crippen molar-refractivity contribution in [1.29, 1.82) is 0 Å². The van der Waals surface area contributed by atoms with Crippen molar-refractivity contribution in [3.05, 3.63) is 0 Å². The van der Waals surface area contributed by atoms with Crippen molar-refractivity contribution in [1.82, 2.24) is 4.90 Å². The molecular formula is C10H20N4O2. The van der Waals surface area contributed by atoms with Gasteiger partial charge in [-0.25, -0.2) is 4.99 Å². The standard InChI is InChI=1S/C10H20N4O2/c1-7(15)5-9(16)14-4-2-3-8(6-14)13-10(11)12/h7-8,15H,2-6H2,1H3,(H4,11,12,13). The smallest absolute Gasteiger partial charge is 0.225 e. The van der Waals surface area contributed by atoms with Crippen LogP contribution in [0.2, 0.25) is 0 Å². The Kier molecular flexibility index (Phi) is 4.54. The van der Waals surface area contributed by atoms with Gasteiger partial charge in [0.25, 0.3) is 0 Å². The monoisotopic (exact) mass is 228 g/mol. The Morgan fingerprint density at radius 3 is 2.88 bits per heavy atom. The van der Waals surface area contributed by atoms with Crippen molar-refractivity contribution in [2.75, 3.05) is 13.1 Å².